The second-order valence-corrected chi connectivity index (χ2v) is 1.66. The van der Waals surface area contributed by atoms with Gasteiger partial charge in [0, 0.05) is 6.04 Å². The van der Waals surface area contributed by atoms with Crippen LogP contribution < -0.4 is 11.1 Å². The maximum Gasteiger partial charge on any atom is 0.185 e. The zero-order valence-corrected chi connectivity index (χ0v) is 5.07. The Hall–Kier alpha value is -0.730. The Labute approximate surface area is 49.8 Å². The summed E-state index contributed by atoms with van der Waals surface area (Å²) >= 11 is 0. The van der Waals surface area contributed by atoms with Gasteiger partial charge in [-0.2, -0.15) is 0 Å². The van der Waals surface area contributed by atoms with Crippen LogP contribution in [0.25, 0.3) is 0 Å². The van der Waals surface area contributed by atoms with Gasteiger partial charge in [-0.15, -0.1) is 0 Å². The predicted octanol–water partition coefficient (Wildman–Crippen LogP) is 0.0822. The van der Waals surface area contributed by atoms with Crippen LogP contribution in [0.4, 0.5) is 0 Å². The fraction of sp³-hybridized carbons (Fsp3) is 0.600. The third-order valence-electron chi connectivity index (χ3n) is 0.852. The molecule has 0 bridgehead atoms. The first-order chi connectivity index (χ1) is 3.66. The third-order valence-corrected chi connectivity index (χ3v) is 0.852. The Balaban J connectivity index is 3.24. The zero-order valence-electron chi connectivity index (χ0n) is 5.07. The molecule has 0 amide bonds. The van der Waals surface area contributed by atoms with Gasteiger partial charge < -0.3 is 11.1 Å². The topological polar surface area (TPSA) is 61.9 Å². The van der Waals surface area contributed by atoms with E-state index in [-0.39, 0.29) is 12.0 Å². The fourth-order valence-corrected chi connectivity index (χ4v) is 0.322. The minimum absolute atomic E-state index is 0.00755. The minimum Gasteiger partial charge on any atom is -0.370 e. The quantitative estimate of drug-likeness (QED) is 0.352. The van der Waals surface area contributed by atoms with E-state index in [2.05, 4.69) is 12.2 Å². The second-order valence-electron chi connectivity index (χ2n) is 1.66. The molecule has 0 aromatic carbocycles. The summed E-state index contributed by atoms with van der Waals surface area (Å²) in [5, 5.41) is 9.40. The van der Waals surface area contributed by atoms with Crippen LogP contribution in [0.2, 0.25) is 0 Å². The Morgan fingerprint density at radius 3 is 2.62 bits per heavy atom. The molecule has 0 rings (SSSR count). The molecule has 0 saturated carbocycles. The van der Waals surface area contributed by atoms with E-state index in [0.717, 1.165) is 6.42 Å². The van der Waals surface area contributed by atoms with E-state index in [0.29, 0.717) is 0 Å². The molecular weight excluding hydrogens is 102 g/mol. The number of nitrogens with two attached hydrogens (primary N) is 1. The molecule has 1 radical (unpaired) electrons. The van der Waals surface area contributed by atoms with Crippen molar-refractivity contribution in [2.75, 3.05) is 0 Å². The lowest BCUT2D eigenvalue weighted by molar-refractivity contribution is 0.692. The Morgan fingerprint density at radius 1 is 2.00 bits per heavy atom. The maximum atomic E-state index is 6.75. The van der Waals surface area contributed by atoms with Crippen molar-refractivity contribution in [2.24, 2.45) is 5.73 Å². The number of rotatable bonds is 2. The Kier molecular flexibility index (Phi) is 2.99. The molecule has 4 N–H and O–H groups in total. The Morgan fingerprint density at radius 2 is 2.50 bits per heavy atom. The number of hydrogen-bond acceptors (Lipinski definition) is 1. The second kappa shape index (κ2) is 3.29. The lowest BCUT2D eigenvalue weighted by atomic mass is 10.3. The molecule has 0 aromatic heterocycles. The van der Waals surface area contributed by atoms with E-state index in [1.54, 1.807) is 0 Å². The molecule has 47 valence electrons. The molecular formula is C5H12N3. The average molecular weight is 114 g/mol. The molecule has 0 aliphatic heterocycles. The van der Waals surface area contributed by atoms with Crippen molar-refractivity contribution >= 4 is 5.96 Å². The van der Waals surface area contributed by atoms with Crippen molar-refractivity contribution in [2.45, 2.75) is 19.4 Å². The van der Waals surface area contributed by atoms with Crippen LogP contribution in [-0.4, -0.2) is 12.0 Å². The first kappa shape index (κ1) is 7.27. The summed E-state index contributed by atoms with van der Waals surface area (Å²) in [6.45, 7) is 5.64. The van der Waals surface area contributed by atoms with E-state index in [4.69, 9.17) is 11.1 Å². The highest BCUT2D eigenvalue weighted by Gasteiger charge is 1.94. The van der Waals surface area contributed by atoms with Crippen molar-refractivity contribution in [3.05, 3.63) is 6.92 Å². The van der Waals surface area contributed by atoms with Crippen LogP contribution in [0.5, 0.6) is 0 Å². The summed E-state index contributed by atoms with van der Waals surface area (Å²) in [4.78, 5) is 0. The molecule has 0 heterocycles. The van der Waals surface area contributed by atoms with Crippen molar-refractivity contribution < 1.29 is 0 Å². The molecule has 1 atom stereocenters. The van der Waals surface area contributed by atoms with Crippen molar-refractivity contribution in [3.8, 4) is 0 Å². The first-order valence-corrected chi connectivity index (χ1v) is 2.60. The predicted molar refractivity (Wildman–Crippen MR) is 34.5 cm³/mol. The molecule has 0 aromatic rings. The van der Waals surface area contributed by atoms with Gasteiger partial charge in [0.05, 0.1) is 0 Å². The van der Waals surface area contributed by atoms with Gasteiger partial charge in [-0.3, -0.25) is 5.41 Å². The lowest BCUT2D eigenvalue weighted by Crippen LogP contribution is -2.37. The van der Waals surface area contributed by atoms with Crippen LogP contribution in [0.1, 0.15) is 13.3 Å². The molecule has 0 aliphatic rings. The normalized spacial score (nSPS) is 12.8. The largest absolute Gasteiger partial charge is 0.370 e. The monoisotopic (exact) mass is 114 g/mol. The summed E-state index contributed by atoms with van der Waals surface area (Å²) < 4.78 is 0. The SMILES string of the molecule is [CH2]C(CC)NC(=N)N. The minimum atomic E-state index is -0.00755. The highest BCUT2D eigenvalue weighted by Crippen LogP contribution is 1.83. The molecule has 3 heteroatoms. The molecule has 8 heavy (non-hydrogen) atoms. The van der Waals surface area contributed by atoms with Gasteiger partial charge in [0.15, 0.2) is 5.96 Å². The summed E-state index contributed by atoms with van der Waals surface area (Å²) in [5.41, 5.74) is 5.00. The summed E-state index contributed by atoms with van der Waals surface area (Å²) in [6.07, 6.45) is 0.888. The standard InChI is InChI=1S/C5H12N3/c1-3-4(2)8-5(6)7/h4H,2-3H2,1H3,(H4,6,7,8). The van der Waals surface area contributed by atoms with Gasteiger partial charge >= 0.3 is 0 Å². The van der Waals surface area contributed by atoms with Crippen molar-refractivity contribution in [3.63, 3.8) is 0 Å². The zero-order chi connectivity index (χ0) is 6.57. The molecule has 3 nitrogen and oxygen atoms in total. The van der Waals surface area contributed by atoms with Crippen molar-refractivity contribution in [1.82, 2.24) is 5.32 Å². The lowest BCUT2D eigenvalue weighted by Gasteiger charge is -2.08. The van der Waals surface area contributed by atoms with Gasteiger partial charge in [0.25, 0.3) is 0 Å². The fourth-order valence-electron chi connectivity index (χ4n) is 0.322. The Bertz CT molecular complexity index is 79.7. The number of guanidine groups is 1. The maximum absolute atomic E-state index is 6.75. The van der Waals surface area contributed by atoms with Crippen LogP contribution in [-0.2, 0) is 0 Å². The molecule has 0 spiro atoms. The third kappa shape index (κ3) is 3.46. The van der Waals surface area contributed by atoms with Crippen LogP contribution >= 0.6 is 0 Å². The van der Waals surface area contributed by atoms with Gasteiger partial charge in [0.1, 0.15) is 0 Å². The van der Waals surface area contributed by atoms with E-state index in [1.165, 1.54) is 0 Å². The van der Waals surface area contributed by atoms with Crippen LogP contribution in [0.3, 0.4) is 0 Å². The van der Waals surface area contributed by atoms with Gasteiger partial charge in [-0.1, -0.05) is 6.92 Å². The molecule has 0 fully saturated rings. The molecule has 1 unspecified atom stereocenters. The van der Waals surface area contributed by atoms with Gasteiger partial charge in [0.2, 0.25) is 0 Å². The van der Waals surface area contributed by atoms with E-state index < -0.39 is 0 Å². The summed E-state index contributed by atoms with van der Waals surface area (Å²) in [7, 11) is 0. The van der Waals surface area contributed by atoms with Crippen LogP contribution in [0.15, 0.2) is 0 Å². The number of hydrogen-bond donors (Lipinski definition) is 3. The highest BCUT2D eigenvalue weighted by atomic mass is 15.1. The van der Waals surface area contributed by atoms with E-state index in [1.807, 2.05) is 6.92 Å². The van der Waals surface area contributed by atoms with Gasteiger partial charge in [-0.05, 0) is 13.3 Å². The molecule has 0 aliphatic carbocycles. The van der Waals surface area contributed by atoms with E-state index >= 15 is 0 Å². The summed E-state index contributed by atoms with van der Waals surface area (Å²) in [5.74, 6) is -0.00755. The smallest absolute Gasteiger partial charge is 0.185 e. The van der Waals surface area contributed by atoms with Gasteiger partial charge in [-0.25, -0.2) is 0 Å². The van der Waals surface area contributed by atoms with Crippen LogP contribution in [0, 0.1) is 12.3 Å². The summed E-state index contributed by atoms with van der Waals surface area (Å²) in [6, 6.07) is 0.0764. The first-order valence-electron chi connectivity index (χ1n) is 2.60. The highest BCUT2D eigenvalue weighted by molar-refractivity contribution is 5.74. The number of nitrogens with one attached hydrogen (secondary N) is 2. The molecule has 0 saturated heterocycles. The average Bonchev–Trinajstić information content (AvgIpc) is 1.65. The van der Waals surface area contributed by atoms with Crippen molar-refractivity contribution in [1.29, 1.82) is 5.41 Å². The van der Waals surface area contributed by atoms with E-state index in [9.17, 15) is 0 Å².